The van der Waals surface area contributed by atoms with Crippen LogP contribution in [0.2, 0.25) is 0 Å². The number of carbonyl (C=O) groups is 1. The first-order chi connectivity index (χ1) is 10.3. The molecule has 1 aliphatic heterocycles. The molecule has 0 bridgehead atoms. The SMILES string of the molecule is Cc1cccc(C(NN)C2CCN(C(=O)OC(C)(C)C)C2)c1. The number of likely N-dealkylation sites (tertiary alicyclic amines) is 1. The maximum atomic E-state index is 12.2. The summed E-state index contributed by atoms with van der Waals surface area (Å²) in [5.41, 5.74) is 4.83. The molecular weight excluding hydrogens is 278 g/mol. The lowest BCUT2D eigenvalue weighted by molar-refractivity contribution is 0.0285. The summed E-state index contributed by atoms with van der Waals surface area (Å²) in [6, 6.07) is 8.37. The van der Waals surface area contributed by atoms with Crippen molar-refractivity contribution in [3.63, 3.8) is 0 Å². The van der Waals surface area contributed by atoms with Crippen molar-refractivity contribution in [2.24, 2.45) is 11.8 Å². The monoisotopic (exact) mass is 305 g/mol. The van der Waals surface area contributed by atoms with Crippen LogP contribution >= 0.6 is 0 Å². The Balaban J connectivity index is 2.03. The van der Waals surface area contributed by atoms with E-state index in [9.17, 15) is 4.79 Å². The van der Waals surface area contributed by atoms with Gasteiger partial charge in [0.25, 0.3) is 0 Å². The molecule has 122 valence electrons. The molecule has 0 radical (unpaired) electrons. The molecule has 1 amide bonds. The Bertz CT molecular complexity index is 525. The summed E-state index contributed by atoms with van der Waals surface area (Å²) in [5, 5.41) is 0. The van der Waals surface area contributed by atoms with Gasteiger partial charge in [-0.2, -0.15) is 0 Å². The number of hydrogen-bond donors (Lipinski definition) is 2. The molecule has 5 nitrogen and oxygen atoms in total. The number of ether oxygens (including phenoxy) is 1. The van der Waals surface area contributed by atoms with E-state index in [1.165, 1.54) is 11.1 Å². The first-order valence-electron chi connectivity index (χ1n) is 7.81. The van der Waals surface area contributed by atoms with Crippen LogP contribution in [-0.4, -0.2) is 29.7 Å². The van der Waals surface area contributed by atoms with E-state index in [0.717, 1.165) is 6.42 Å². The smallest absolute Gasteiger partial charge is 0.410 e. The summed E-state index contributed by atoms with van der Waals surface area (Å²) in [4.78, 5) is 13.9. The molecule has 3 N–H and O–H groups in total. The lowest BCUT2D eigenvalue weighted by Crippen LogP contribution is -2.38. The molecule has 2 atom stereocenters. The van der Waals surface area contributed by atoms with Crippen LogP contribution in [0.1, 0.15) is 44.4 Å². The molecule has 0 aromatic heterocycles. The van der Waals surface area contributed by atoms with E-state index in [1.807, 2.05) is 26.8 Å². The summed E-state index contributed by atoms with van der Waals surface area (Å²) in [7, 11) is 0. The largest absolute Gasteiger partial charge is 0.444 e. The minimum Gasteiger partial charge on any atom is -0.444 e. The van der Waals surface area contributed by atoms with E-state index in [1.54, 1.807) is 4.90 Å². The Kier molecular flexibility index (Phi) is 5.08. The van der Waals surface area contributed by atoms with Crippen LogP contribution < -0.4 is 11.3 Å². The van der Waals surface area contributed by atoms with Crippen LogP contribution in [0.4, 0.5) is 4.79 Å². The molecule has 2 unspecified atom stereocenters. The van der Waals surface area contributed by atoms with Crippen molar-refractivity contribution in [1.82, 2.24) is 10.3 Å². The van der Waals surface area contributed by atoms with Gasteiger partial charge in [-0.1, -0.05) is 29.8 Å². The average molecular weight is 305 g/mol. The van der Waals surface area contributed by atoms with Gasteiger partial charge in [-0.3, -0.25) is 11.3 Å². The molecule has 22 heavy (non-hydrogen) atoms. The average Bonchev–Trinajstić information content (AvgIpc) is 2.87. The van der Waals surface area contributed by atoms with Gasteiger partial charge < -0.3 is 9.64 Å². The van der Waals surface area contributed by atoms with Crippen molar-refractivity contribution in [3.05, 3.63) is 35.4 Å². The first kappa shape index (κ1) is 16.8. The first-order valence-corrected chi connectivity index (χ1v) is 7.81. The van der Waals surface area contributed by atoms with Gasteiger partial charge in [0.05, 0.1) is 6.04 Å². The highest BCUT2D eigenvalue weighted by molar-refractivity contribution is 5.68. The molecule has 1 aliphatic rings. The van der Waals surface area contributed by atoms with Crippen LogP contribution in [-0.2, 0) is 4.74 Å². The van der Waals surface area contributed by atoms with Crippen molar-refractivity contribution in [1.29, 1.82) is 0 Å². The molecule has 1 heterocycles. The second kappa shape index (κ2) is 6.67. The van der Waals surface area contributed by atoms with Gasteiger partial charge >= 0.3 is 6.09 Å². The predicted molar refractivity (Wildman–Crippen MR) is 87.2 cm³/mol. The molecule has 2 rings (SSSR count). The minimum absolute atomic E-state index is 0.0485. The molecular formula is C17H27N3O2. The van der Waals surface area contributed by atoms with Crippen LogP contribution in [0.25, 0.3) is 0 Å². The fraction of sp³-hybridized carbons (Fsp3) is 0.588. The highest BCUT2D eigenvalue weighted by Crippen LogP contribution is 2.30. The van der Waals surface area contributed by atoms with Gasteiger partial charge in [0.2, 0.25) is 0 Å². The number of benzene rings is 1. The number of rotatable bonds is 3. The third kappa shape index (κ3) is 4.21. The van der Waals surface area contributed by atoms with Gasteiger partial charge in [0.1, 0.15) is 5.60 Å². The van der Waals surface area contributed by atoms with Crippen LogP contribution in [0.15, 0.2) is 24.3 Å². The van der Waals surface area contributed by atoms with Crippen molar-refractivity contribution in [3.8, 4) is 0 Å². The van der Waals surface area contributed by atoms with E-state index in [0.29, 0.717) is 19.0 Å². The Morgan fingerprint density at radius 2 is 2.18 bits per heavy atom. The number of hydrazine groups is 1. The molecule has 1 saturated heterocycles. The van der Waals surface area contributed by atoms with Crippen molar-refractivity contribution in [2.75, 3.05) is 13.1 Å². The molecule has 1 fully saturated rings. The third-order valence-electron chi connectivity index (χ3n) is 3.93. The van der Waals surface area contributed by atoms with Crippen LogP contribution in [0.5, 0.6) is 0 Å². The number of carbonyl (C=O) groups excluding carboxylic acids is 1. The summed E-state index contributed by atoms with van der Waals surface area (Å²) in [5.74, 6) is 6.06. The molecule has 1 aromatic carbocycles. The zero-order chi connectivity index (χ0) is 16.3. The lowest BCUT2D eigenvalue weighted by atomic mass is 9.92. The highest BCUT2D eigenvalue weighted by Gasteiger charge is 2.34. The summed E-state index contributed by atoms with van der Waals surface area (Å²) in [6.45, 7) is 9.10. The van der Waals surface area contributed by atoms with Crippen LogP contribution in [0, 0.1) is 12.8 Å². The normalized spacial score (nSPS) is 20.0. The topological polar surface area (TPSA) is 67.6 Å². The Morgan fingerprint density at radius 1 is 1.45 bits per heavy atom. The summed E-state index contributed by atoms with van der Waals surface area (Å²) in [6.07, 6.45) is 0.678. The van der Waals surface area contributed by atoms with Gasteiger partial charge in [0, 0.05) is 13.1 Å². The van der Waals surface area contributed by atoms with Crippen LogP contribution in [0.3, 0.4) is 0 Å². The maximum Gasteiger partial charge on any atom is 0.410 e. The molecule has 5 heteroatoms. The number of hydrogen-bond acceptors (Lipinski definition) is 4. The van der Waals surface area contributed by atoms with E-state index < -0.39 is 5.60 Å². The quantitative estimate of drug-likeness (QED) is 0.665. The van der Waals surface area contributed by atoms with E-state index in [2.05, 4.69) is 30.5 Å². The number of aryl methyl sites for hydroxylation is 1. The lowest BCUT2D eigenvalue weighted by Gasteiger charge is -2.26. The number of amides is 1. The summed E-state index contributed by atoms with van der Waals surface area (Å²) < 4.78 is 5.44. The predicted octanol–water partition coefficient (Wildman–Crippen LogP) is 2.76. The maximum absolute atomic E-state index is 12.2. The zero-order valence-electron chi connectivity index (χ0n) is 13.9. The third-order valence-corrected chi connectivity index (χ3v) is 3.93. The second-order valence-electron chi connectivity index (χ2n) is 7.03. The molecule has 1 aromatic rings. The standard InChI is InChI=1S/C17H27N3O2/c1-12-6-5-7-13(10-12)15(19-18)14-8-9-20(11-14)16(21)22-17(2,3)4/h5-7,10,14-15,19H,8-9,11,18H2,1-4H3. The molecule has 0 saturated carbocycles. The van der Waals surface area contributed by atoms with Gasteiger partial charge in [-0.15, -0.1) is 0 Å². The second-order valence-corrected chi connectivity index (χ2v) is 7.03. The fourth-order valence-corrected chi connectivity index (χ4v) is 2.92. The van der Waals surface area contributed by atoms with Crippen molar-refractivity contribution >= 4 is 6.09 Å². The van der Waals surface area contributed by atoms with Gasteiger partial charge in [0.15, 0.2) is 0 Å². The van der Waals surface area contributed by atoms with Gasteiger partial charge in [-0.25, -0.2) is 4.79 Å². The minimum atomic E-state index is -0.461. The van der Waals surface area contributed by atoms with Gasteiger partial charge in [-0.05, 0) is 45.6 Å². The fourth-order valence-electron chi connectivity index (χ4n) is 2.92. The number of nitrogens with two attached hydrogens (primary N) is 1. The van der Waals surface area contributed by atoms with Crippen molar-refractivity contribution in [2.45, 2.75) is 45.8 Å². The Morgan fingerprint density at radius 3 is 2.77 bits per heavy atom. The number of nitrogens with zero attached hydrogens (tertiary/aromatic N) is 1. The highest BCUT2D eigenvalue weighted by atomic mass is 16.6. The Labute approximate surface area is 132 Å². The summed E-state index contributed by atoms with van der Waals surface area (Å²) >= 11 is 0. The molecule has 0 spiro atoms. The van der Waals surface area contributed by atoms with E-state index in [4.69, 9.17) is 10.6 Å². The van der Waals surface area contributed by atoms with E-state index >= 15 is 0 Å². The van der Waals surface area contributed by atoms with Crippen molar-refractivity contribution < 1.29 is 9.53 Å². The zero-order valence-corrected chi connectivity index (χ0v) is 13.9. The Hall–Kier alpha value is -1.59. The number of nitrogens with one attached hydrogen (secondary N) is 1. The van der Waals surface area contributed by atoms with E-state index in [-0.39, 0.29) is 12.1 Å². The molecule has 0 aliphatic carbocycles.